The van der Waals surface area contributed by atoms with Crippen LogP contribution in [0.1, 0.15) is 39.5 Å². The van der Waals surface area contributed by atoms with Gasteiger partial charge in [-0.05, 0) is 33.1 Å². The fourth-order valence-electron chi connectivity index (χ4n) is 1.74. The summed E-state index contributed by atoms with van der Waals surface area (Å²) in [6, 6.07) is 0.0943. The summed E-state index contributed by atoms with van der Waals surface area (Å²) < 4.78 is 0. The third-order valence-corrected chi connectivity index (χ3v) is 2.76. The summed E-state index contributed by atoms with van der Waals surface area (Å²) >= 11 is 0. The Kier molecular flexibility index (Phi) is 4.29. The summed E-state index contributed by atoms with van der Waals surface area (Å²) in [5.41, 5.74) is 5.61. The second-order valence-corrected chi connectivity index (χ2v) is 4.89. The van der Waals surface area contributed by atoms with Gasteiger partial charge in [-0.2, -0.15) is 0 Å². The van der Waals surface area contributed by atoms with Crippen LogP contribution in [0.2, 0.25) is 0 Å². The highest BCUT2D eigenvalue weighted by atomic mass is 16.2. The van der Waals surface area contributed by atoms with Crippen molar-refractivity contribution in [1.82, 2.24) is 10.6 Å². The van der Waals surface area contributed by atoms with Gasteiger partial charge in [-0.3, -0.25) is 9.59 Å². The van der Waals surface area contributed by atoms with Crippen molar-refractivity contribution in [1.29, 1.82) is 0 Å². The van der Waals surface area contributed by atoms with Gasteiger partial charge in [0, 0.05) is 18.0 Å². The zero-order valence-electron chi connectivity index (χ0n) is 10.0. The predicted molar refractivity (Wildman–Crippen MR) is 61.7 cm³/mol. The molecule has 0 aromatic heterocycles. The first-order chi connectivity index (χ1) is 7.41. The lowest BCUT2D eigenvalue weighted by molar-refractivity contribution is -0.127. The highest BCUT2D eigenvalue weighted by Crippen LogP contribution is 2.31. The molecule has 1 fully saturated rings. The van der Waals surface area contributed by atoms with Gasteiger partial charge in [-0.15, -0.1) is 0 Å². The van der Waals surface area contributed by atoms with Gasteiger partial charge in [-0.25, -0.2) is 0 Å². The van der Waals surface area contributed by atoms with Crippen LogP contribution in [-0.2, 0) is 9.59 Å². The number of nitrogens with one attached hydrogen (secondary N) is 2. The number of carbonyl (C=O) groups excluding carboxylic acids is 2. The SMILES string of the molecule is CC(C)NC(=O)CNC(=O)CC1(N)CCC1. The number of amides is 2. The monoisotopic (exact) mass is 227 g/mol. The Bertz CT molecular complexity index is 272. The van der Waals surface area contributed by atoms with Crippen LogP contribution in [0.25, 0.3) is 0 Å². The molecule has 5 heteroatoms. The second-order valence-electron chi connectivity index (χ2n) is 4.89. The second kappa shape index (κ2) is 5.30. The first-order valence-electron chi connectivity index (χ1n) is 5.76. The van der Waals surface area contributed by atoms with Gasteiger partial charge in [0.25, 0.3) is 0 Å². The Morgan fingerprint density at radius 2 is 1.94 bits per heavy atom. The molecule has 0 spiro atoms. The van der Waals surface area contributed by atoms with Crippen molar-refractivity contribution < 1.29 is 9.59 Å². The van der Waals surface area contributed by atoms with Gasteiger partial charge >= 0.3 is 0 Å². The molecule has 1 rings (SSSR count). The summed E-state index contributed by atoms with van der Waals surface area (Å²) in [6.45, 7) is 3.79. The minimum absolute atomic E-state index is 0.0348. The average molecular weight is 227 g/mol. The largest absolute Gasteiger partial charge is 0.352 e. The predicted octanol–water partition coefficient (Wildman–Crippen LogP) is -0.101. The Morgan fingerprint density at radius 3 is 2.38 bits per heavy atom. The van der Waals surface area contributed by atoms with Gasteiger partial charge in [0.15, 0.2) is 0 Å². The molecule has 0 radical (unpaired) electrons. The van der Waals surface area contributed by atoms with Crippen LogP contribution in [0.15, 0.2) is 0 Å². The van der Waals surface area contributed by atoms with E-state index in [1.165, 1.54) is 0 Å². The molecule has 1 aliphatic rings. The highest BCUT2D eigenvalue weighted by Gasteiger charge is 2.34. The molecule has 1 saturated carbocycles. The number of rotatable bonds is 5. The van der Waals surface area contributed by atoms with Crippen LogP contribution in [0.3, 0.4) is 0 Å². The third kappa shape index (κ3) is 4.18. The summed E-state index contributed by atoms with van der Waals surface area (Å²) in [6.07, 6.45) is 3.22. The van der Waals surface area contributed by atoms with Gasteiger partial charge in [0.2, 0.25) is 11.8 Å². The van der Waals surface area contributed by atoms with E-state index < -0.39 is 0 Å². The van der Waals surface area contributed by atoms with Crippen LogP contribution in [-0.4, -0.2) is 29.9 Å². The molecule has 2 amide bonds. The molecule has 0 unspecified atom stereocenters. The van der Waals surface area contributed by atoms with Crippen molar-refractivity contribution in [2.45, 2.75) is 51.1 Å². The maximum Gasteiger partial charge on any atom is 0.239 e. The Hall–Kier alpha value is -1.10. The van der Waals surface area contributed by atoms with Crippen LogP contribution in [0.4, 0.5) is 0 Å². The quantitative estimate of drug-likeness (QED) is 0.613. The lowest BCUT2D eigenvalue weighted by atomic mass is 9.75. The van der Waals surface area contributed by atoms with Crippen molar-refractivity contribution in [3.05, 3.63) is 0 Å². The molecule has 0 bridgehead atoms. The molecule has 1 aliphatic carbocycles. The normalized spacial score (nSPS) is 17.8. The minimum atomic E-state index is -0.321. The van der Waals surface area contributed by atoms with Gasteiger partial charge in [0.05, 0.1) is 6.54 Å². The first kappa shape index (κ1) is 13.0. The first-order valence-corrected chi connectivity index (χ1v) is 5.76. The van der Waals surface area contributed by atoms with Gasteiger partial charge in [0.1, 0.15) is 0 Å². The smallest absolute Gasteiger partial charge is 0.239 e. The van der Waals surface area contributed by atoms with Crippen LogP contribution in [0, 0.1) is 0 Å². The molecule has 0 saturated heterocycles. The topological polar surface area (TPSA) is 84.2 Å². The van der Waals surface area contributed by atoms with Crippen LogP contribution in [0.5, 0.6) is 0 Å². The van der Waals surface area contributed by atoms with Gasteiger partial charge < -0.3 is 16.4 Å². The number of carbonyl (C=O) groups is 2. The molecular formula is C11H21N3O2. The fourth-order valence-corrected chi connectivity index (χ4v) is 1.74. The number of hydrogen-bond acceptors (Lipinski definition) is 3. The van der Waals surface area contributed by atoms with E-state index in [2.05, 4.69) is 10.6 Å². The molecule has 92 valence electrons. The van der Waals surface area contributed by atoms with Crippen molar-refractivity contribution >= 4 is 11.8 Å². The lowest BCUT2D eigenvalue weighted by Crippen LogP contribution is -2.50. The molecule has 4 N–H and O–H groups in total. The Morgan fingerprint density at radius 1 is 1.31 bits per heavy atom. The number of nitrogens with two attached hydrogens (primary N) is 1. The molecule has 0 aliphatic heterocycles. The maximum absolute atomic E-state index is 11.5. The molecule has 16 heavy (non-hydrogen) atoms. The zero-order chi connectivity index (χ0) is 12.2. The summed E-state index contributed by atoms with van der Waals surface area (Å²) in [7, 11) is 0. The molecule has 5 nitrogen and oxygen atoms in total. The molecule has 0 heterocycles. The Balaban J connectivity index is 2.17. The summed E-state index contributed by atoms with van der Waals surface area (Å²) in [5, 5.41) is 5.29. The van der Waals surface area contributed by atoms with Crippen LogP contribution < -0.4 is 16.4 Å². The van der Waals surface area contributed by atoms with E-state index >= 15 is 0 Å². The standard InChI is InChI=1S/C11H21N3O2/c1-8(2)14-10(16)7-13-9(15)6-11(12)4-3-5-11/h8H,3-7,12H2,1-2H3,(H,13,15)(H,14,16). The van der Waals surface area contributed by atoms with E-state index in [1.807, 2.05) is 13.8 Å². The highest BCUT2D eigenvalue weighted by molar-refractivity contribution is 5.85. The van der Waals surface area contributed by atoms with E-state index in [1.54, 1.807) is 0 Å². The fraction of sp³-hybridized carbons (Fsp3) is 0.818. The van der Waals surface area contributed by atoms with Crippen molar-refractivity contribution in [2.75, 3.05) is 6.54 Å². The van der Waals surface area contributed by atoms with Crippen molar-refractivity contribution in [3.8, 4) is 0 Å². The van der Waals surface area contributed by atoms with Crippen molar-refractivity contribution in [2.24, 2.45) is 5.73 Å². The van der Waals surface area contributed by atoms with E-state index in [9.17, 15) is 9.59 Å². The van der Waals surface area contributed by atoms with E-state index in [4.69, 9.17) is 5.73 Å². The Labute approximate surface area is 96.1 Å². The summed E-state index contributed by atoms with van der Waals surface area (Å²) in [4.78, 5) is 22.7. The molecule has 0 atom stereocenters. The third-order valence-electron chi connectivity index (χ3n) is 2.76. The zero-order valence-corrected chi connectivity index (χ0v) is 10.0. The maximum atomic E-state index is 11.5. The van der Waals surface area contributed by atoms with Gasteiger partial charge in [-0.1, -0.05) is 0 Å². The number of hydrogen-bond donors (Lipinski definition) is 3. The van der Waals surface area contributed by atoms with E-state index in [0.717, 1.165) is 19.3 Å². The minimum Gasteiger partial charge on any atom is -0.352 e. The molecule has 0 aromatic rings. The van der Waals surface area contributed by atoms with Crippen LogP contribution >= 0.6 is 0 Å². The average Bonchev–Trinajstić information content (AvgIpc) is 2.11. The van der Waals surface area contributed by atoms with E-state index in [0.29, 0.717) is 6.42 Å². The molecular weight excluding hydrogens is 206 g/mol. The van der Waals surface area contributed by atoms with Crippen molar-refractivity contribution in [3.63, 3.8) is 0 Å². The van der Waals surface area contributed by atoms with E-state index in [-0.39, 0.29) is 29.9 Å². The summed E-state index contributed by atoms with van der Waals surface area (Å²) in [5.74, 6) is -0.302. The molecule has 0 aromatic carbocycles. The lowest BCUT2D eigenvalue weighted by Gasteiger charge is -2.37.